The molecule has 0 N–H and O–H groups in total. The second-order valence-electron chi connectivity index (χ2n) is 14.3. The predicted molar refractivity (Wildman–Crippen MR) is 272 cm³/mol. The lowest BCUT2D eigenvalue weighted by Crippen LogP contribution is -2.18. The van der Waals surface area contributed by atoms with Gasteiger partial charge in [0.15, 0.2) is 11.6 Å². The first kappa shape index (κ1) is 47.6. The molecule has 6 aromatic rings. The third-order valence-electron chi connectivity index (χ3n) is 9.89. The second kappa shape index (κ2) is 24.8. The maximum absolute atomic E-state index is 5.17. The van der Waals surface area contributed by atoms with Gasteiger partial charge in [-0.15, -0.1) is 13.2 Å². The quantitative estimate of drug-likeness (QED) is 0.0553. The summed E-state index contributed by atoms with van der Waals surface area (Å²) in [7, 11) is 2.06. The molecule has 1 heterocycles. The summed E-state index contributed by atoms with van der Waals surface area (Å²) in [5.74, 6) is 1.75. The van der Waals surface area contributed by atoms with E-state index in [2.05, 4.69) is 216 Å². The number of anilines is 5. The molecule has 0 aliphatic heterocycles. The molecule has 0 fully saturated rings. The van der Waals surface area contributed by atoms with Gasteiger partial charge in [0.05, 0.1) is 5.69 Å². The number of benzene rings is 5. The lowest BCUT2D eigenvalue weighted by molar-refractivity contribution is 0.972. The third-order valence-corrected chi connectivity index (χ3v) is 9.89. The number of nitrogens with zero attached hydrogens (tertiary/aromatic N) is 5. The Morgan fingerprint density at radius 2 is 1.31 bits per heavy atom. The summed E-state index contributed by atoms with van der Waals surface area (Å²) in [5.41, 5.74) is 12.8. The van der Waals surface area contributed by atoms with Crippen LogP contribution in [0.25, 0.3) is 33.7 Å². The monoisotopic (exact) mass is 818 g/mol. The molecule has 5 nitrogen and oxygen atoms in total. The highest BCUT2D eigenvalue weighted by Crippen LogP contribution is 2.42. The summed E-state index contributed by atoms with van der Waals surface area (Å²) in [6.45, 7) is 26.4. The molecule has 5 heteroatoms. The van der Waals surface area contributed by atoms with Gasteiger partial charge in [-0.25, -0.2) is 4.98 Å². The Balaban J connectivity index is 0.00000205. The average Bonchev–Trinajstić information content (AvgIpc) is 3.32. The van der Waals surface area contributed by atoms with Crippen LogP contribution in [0.4, 0.5) is 28.7 Å². The fourth-order valence-electron chi connectivity index (χ4n) is 7.03. The molecule has 316 valence electrons. The number of unbranched alkanes of at least 4 members (excludes halogenated alkanes) is 1. The van der Waals surface area contributed by atoms with E-state index in [-0.39, 0.29) is 0 Å². The normalized spacial score (nSPS) is 11.5. The summed E-state index contributed by atoms with van der Waals surface area (Å²) in [4.78, 5) is 19.7. The summed E-state index contributed by atoms with van der Waals surface area (Å²) in [6.07, 6.45) is 17.1. The number of aromatic nitrogens is 3. The second-order valence-corrected chi connectivity index (χ2v) is 14.3. The Morgan fingerprint density at radius 1 is 0.677 bits per heavy atom. The lowest BCUT2D eigenvalue weighted by Gasteiger charge is -2.27. The molecule has 0 aliphatic rings. The largest absolute Gasteiger partial charge is 0.312 e. The van der Waals surface area contributed by atoms with Crippen molar-refractivity contribution in [1.29, 1.82) is 0 Å². The van der Waals surface area contributed by atoms with Crippen molar-refractivity contribution in [2.75, 3.05) is 16.8 Å². The predicted octanol–water partition coefficient (Wildman–Crippen LogP) is 16.4. The number of allylic oxidation sites excluding steroid dienone is 10. The highest BCUT2D eigenvalue weighted by molar-refractivity contribution is 5.92. The first-order chi connectivity index (χ1) is 30.3. The van der Waals surface area contributed by atoms with Crippen LogP contribution in [0, 0.1) is 6.92 Å². The molecule has 0 amide bonds. The minimum absolute atomic E-state index is 0.547. The zero-order chi connectivity index (χ0) is 44.9. The molecule has 1 aromatic heterocycles. The van der Waals surface area contributed by atoms with E-state index in [0.717, 1.165) is 75.4 Å². The third kappa shape index (κ3) is 12.5. The van der Waals surface area contributed by atoms with E-state index in [9.17, 15) is 0 Å². The van der Waals surface area contributed by atoms with Crippen molar-refractivity contribution in [3.8, 4) is 22.5 Å². The van der Waals surface area contributed by atoms with Crippen LogP contribution in [-0.2, 0) is 0 Å². The summed E-state index contributed by atoms with van der Waals surface area (Å²) >= 11 is 0. The average molecular weight is 818 g/mol. The Morgan fingerprint density at radius 3 is 1.94 bits per heavy atom. The Hall–Kier alpha value is -7.11. The Kier molecular flexibility index (Phi) is 19.1. The highest BCUT2D eigenvalue weighted by Gasteiger charge is 2.22. The van der Waals surface area contributed by atoms with Crippen molar-refractivity contribution in [1.82, 2.24) is 15.0 Å². The fourth-order valence-corrected chi connectivity index (χ4v) is 7.03. The molecule has 0 unspecified atom stereocenters. The summed E-state index contributed by atoms with van der Waals surface area (Å²) < 4.78 is 0. The summed E-state index contributed by atoms with van der Waals surface area (Å²) in [6, 6.07) is 44.6. The number of para-hydroxylation sites is 3. The zero-order valence-electron chi connectivity index (χ0n) is 37.9. The standard InChI is InChI=1S/C53H53N5.C2H6.C2H4/c1-8-23-39(4)25-14-11-15-27-41(6)48-35-22-36-49(43-28-21-34-47(38-43)58(45-30-16-12-17-31-45)46-32-18-13-19-33-46)50(48)57(7)53-55-51(42(10-3)24-9-2)54-52(56-53)44-29-20-26-40(5)37-44;2*1-2/h8,10,12-14,16-38H,1,3,9,11,15H2,2,4-7H3;1-2H3;1-2H2/b25-14-,39-23+,41-27-,42-24+;;. The van der Waals surface area contributed by atoms with Gasteiger partial charge in [0.1, 0.15) is 0 Å². The Bertz CT molecular complexity index is 2450. The molecule has 0 radical (unpaired) electrons. The van der Waals surface area contributed by atoms with Gasteiger partial charge < -0.3 is 9.80 Å². The molecule has 0 aliphatic carbocycles. The molecule has 0 bridgehead atoms. The molecule has 0 spiro atoms. The van der Waals surface area contributed by atoms with Crippen molar-refractivity contribution in [2.45, 2.75) is 60.8 Å². The van der Waals surface area contributed by atoms with E-state index in [0.29, 0.717) is 17.6 Å². The van der Waals surface area contributed by atoms with Crippen LogP contribution < -0.4 is 9.80 Å². The van der Waals surface area contributed by atoms with E-state index in [1.165, 1.54) is 11.1 Å². The van der Waals surface area contributed by atoms with Crippen molar-refractivity contribution in [3.63, 3.8) is 0 Å². The van der Waals surface area contributed by atoms with Gasteiger partial charge in [-0.3, -0.25) is 0 Å². The van der Waals surface area contributed by atoms with Crippen LogP contribution >= 0.6 is 0 Å². The van der Waals surface area contributed by atoms with Crippen LogP contribution in [0.1, 0.15) is 70.8 Å². The number of rotatable bonds is 16. The number of hydrogen-bond acceptors (Lipinski definition) is 5. The van der Waals surface area contributed by atoms with Gasteiger partial charge >= 0.3 is 0 Å². The fraction of sp³-hybridized carbons (Fsp3) is 0.175. The van der Waals surface area contributed by atoms with E-state index < -0.39 is 0 Å². The van der Waals surface area contributed by atoms with Gasteiger partial charge in [0.25, 0.3) is 0 Å². The lowest BCUT2D eigenvalue weighted by atomic mass is 9.94. The Labute approximate surface area is 372 Å². The van der Waals surface area contributed by atoms with Gasteiger partial charge in [-0.2, -0.15) is 9.97 Å². The maximum atomic E-state index is 5.17. The topological polar surface area (TPSA) is 45.2 Å². The molecule has 6 rings (SSSR count). The van der Waals surface area contributed by atoms with Crippen LogP contribution in [0.2, 0.25) is 0 Å². The van der Waals surface area contributed by atoms with Gasteiger partial charge in [0.2, 0.25) is 5.95 Å². The molecule has 62 heavy (non-hydrogen) atoms. The molecular weight excluding hydrogens is 755 g/mol. The number of hydrogen-bond donors (Lipinski definition) is 0. The van der Waals surface area contributed by atoms with E-state index in [1.54, 1.807) is 0 Å². The van der Waals surface area contributed by atoms with Crippen molar-refractivity contribution < 1.29 is 0 Å². The van der Waals surface area contributed by atoms with Crippen molar-refractivity contribution >= 4 is 39.8 Å². The minimum atomic E-state index is 0.547. The molecule has 0 saturated carbocycles. The van der Waals surface area contributed by atoms with Crippen molar-refractivity contribution in [2.24, 2.45) is 0 Å². The molecule has 0 saturated heterocycles. The maximum Gasteiger partial charge on any atom is 0.233 e. The van der Waals surface area contributed by atoms with Gasteiger partial charge in [-0.1, -0.05) is 173 Å². The van der Waals surface area contributed by atoms with Crippen LogP contribution in [0.3, 0.4) is 0 Å². The highest BCUT2D eigenvalue weighted by atomic mass is 15.3. The first-order valence-corrected chi connectivity index (χ1v) is 21.5. The SMILES string of the molecule is C=C.C=C/C=C(C)/C=C\CC/C=C(/C)c1cccc(-c2cccc(N(c3ccccc3)c3ccccc3)c2)c1N(C)c1nc(/C(C=C)=C/CC)nc(-c2cccc(C)c2)n1.CC. The van der Waals surface area contributed by atoms with Crippen molar-refractivity contribution in [3.05, 3.63) is 219 Å². The summed E-state index contributed by atoms with van der Waals surface area (Å²) in [5, 5.41) is 0. The smallest absolute Gasteiger partial charge is 0.233 e. The first-order valence-electron chi connectivity index (χ1n) is 21.5. The van der Waals surface area contributed by atoms with Crippen LogP contribution in [0.15, 0.2) is 202 Å². The van der Waals surface area contributed by atoms with Gasteiger partial charge in [0, 0.05) is 46.4 Å². The molecule has 5 aromatic carbocycles. The zero-order valence-corrected chi connectivity index (χ0v) is 37.9. The number of aryl methyl sites for hydroxylation is 1. The van der Waals surface area contributed by atoms with Gasteiger partial charge in [-0.05, 0) is 93.6 Å². The molecular formula is C57H63N5. The van der Waals surface area contributed by atoms with E-state index in [1.807, 2.05) is 38.1 Å². The van der Waals surface area contributed by atoms with Crippen LogP contribution in [-0.4, -0.2) is 22.0 Å². The van der Waals surface area contributed by atoms with E-state index >= 15 is 0 Å². The molecule has 0 atom stereocenters. The van der Waals surface area contributed by atoms with Crippen LogP contribution in [0.5, 0.6) is 0 Å². The minimum Gasteiger partial charge on any atom is -0.312 e. The van der Waals surface area contributed by atoms with E-state index in [4.69, 9.17) is 15.0 Å².